The van der Waals surface area contributed by atoms with E-state index in [1.807, 2.05) is 6.92 Å². The molecule has 0 saturated heterocycles. The van der Waals surface area contributed by atoms with Crippen LogP contribution in [0.3, 0.4) is 0 Å². The van der Waals surface area contributed by atoms with Crippen LogP contribution >= 0.6 is 15.9 Å². The van der Waals surface area contributed by atoms with Crippen LogP contribution in [0.5, 0.6) is 5.88 Å². The van der Waals surface area contributed by atoms with Gasteiger partial charge in [-0.3, -0.25) is 9.78 Å². The van der Waals surface area contributed by atoms with Crippen LogP contribution < -0.4 is 9.64 Å². The van der Waals surface area contributed by atoms with Gasteiger partial charge >= 0.3 is 0 Å². The summed E-state index contributed by atoms with van der Waals surface area (Å²) >= 11 is 3.35. The highest BCUT2D eigenvalue weighted by molar-refractivity contribution is 9.10. The van der Waals surface area contributed by atoms with Crippen molar-refractivity contribution >= 4 is 27.5 Å². The second-order valence-electron chi connectivity index (χ2n) is 4.16. The van der Waals surface area contributed by atoms with Gasteiger partial charge in [0, 0.05) is 25.0 Å². The summed E-state index contributed by atoms with van der Waals surface area (Å²) in [7, 11) is 3.24. The molecule has 0 saturated carbocycles. The summed E-state index contributed by atoms with van der Waals surface area (Å²) in [6.07, 6.45) is 1.66. The van der Waals surface area contributed by atoms with Crippen molar-refractivity contribution in [1.29, 1.82) is 0 Å². The fraction of sp³-hybridized carbons (Fsp3) is 0.214. The highest BCUT2D eigenvalue weighted by atomic mass is 79.9. The molecular weight excluding hydrogens is 322 g/mol. The third kappa shape index (κ3) is 2.80. The standard InChI is InChI=1S/C14H14BrN3O2/c1-9-10(5-4-8-16-9)14(19)18(2)11-6-7-12(20-3)17-13(11)15/h4-8H,1-3H3. The summed E-state index contributed by atoms with van der Waals surface area (Å²) < 4.78 is 5.59. The maximum Gasteiger partial charge on any atom is 0.259 e. The fourth-order valence-corrected chi connectivity index (χ4v) is 2.35. The summed E-state index contributed by atoms with van der Waals surface area (Å²) in [6, 6.07) is 6.99. The zero-order valence-electron chi connectivity index (χ0n) is 11.4. The van der Waals surface area contributed by atoms with E-state index in [-0.39, 0.29) is 5.91 Å². The Labute approximate surface area is 125 Å². The van der Waals surface area contributed by atoms with Crippen molar-refractivity contribution in [3.05, 3.63) is 46.3 Å². The quantitative estimate of drug-likeness (QED) is 0.809. The molecule has 0 radical (unpaired) electrons. The lowest BCUT2D eigenvalue weighted by atomic mass is 10.2. The van der Waals surface area contributed by atoms with Gasteiger partial charge in [-0.05, 0) is 41.1 Å². The molecule has 0 bridgehead atoms. The average molecular weight is 336 g/mol. The first-order valence-electron chi connectivity index (χ1n) is 5.94. The molecule has 0 fully saturated rings. The van der Waals surface area contributed by atoms with E-state index in [0.29, 0.717) is 27.4 Å². The number of pyridine rings is 2. The van der Waals surface area contributed by atoms with E-state index in [9.17, 15) is 4.79 Å². The number of rotatable bonds is 3. The predicted molar refractivity (Wildman–Crippen MR) is 80.2 cm³/mol. The zero-order valence-corrected chi connectivity index (χ0v) is 13.0. The molecule has 0 aliphatic heterocycles. The SMILES string of the molecule is COc1ccc(N(C)C(=O)c2cccnc2C)c(Br)n1. The van der Waals surface area contributed by atoms with Crippen molar-refractivity contribution < 1.29 is 9.53 Å². The number of amides is 1. The van der Waals surface area contributed by atoms with E-state index < -0.39 is 0 Å². The number of hydrogen-bond donors (Lipinski definition) is 0. The highest BCUT2D eigenvalue weighted by Gasteiger charge is 2.18. The van der Waals surface area contributed by atoms with Crippen molar-refractivity contribution in [2.75, 3.05) is 19.1 Å². The average Bonchev–Trinajstić information content (AvgIpc) is 2.46. The number of carbonyl (C=O) groups is 1. The van der Waals surface area contributed by atoms with Gasteiger partial charge < -0.3 is 9.64 Å². The minimum absolute atomic E-state index is 0.136. The first kappa shape index (κ1) is 14.5. The Morgan fingerprint density at radius 3 is 2.70 bits per heavy atom. The predicted octanol–water partition coefficient (Wildman–Crippen LogP) is 2.83. The Morgan fingerprint density at radius 2 is 2.10 bits per heavy atom. The van der Waals surface area contributed by atoms with Gasteiger partial charge in [0.15, 0.2) is 0 Å². The molecular formula is C14H14BrN3O2. The number of hydrogen-bond acceptors (Lipinski definition) is 4. The monoisotopic (exact) mass is 335 g/mol. The van der Waals surface area contributed by atoms with Crippen LogP contribution in [0.25, 0.3) is 0 Å². The van der Waals surface area contributed by atoms with Gasteiger partial charge in [0.1, 0.15) is 4.60 Å². The van der Waals surface area contributed by atoms with E-state index in [4.69, 9.17) is 4.74 Å². The third-order valence-corrected chi connectivity index (χ3v) is 3.50. The van der Waals surface area contributed by atoms with Crippen LogP contribution in [-0.2, 0) is 0 Å². The molecule has 6 heteroatoms. The van der Waals surface area contributed by atoms with Crippen molar-refractivity contribution in [1.82, 2.24) is 9.97 Å². The lowest BCUT2D eigenvalue weighted by Gasteiger charge is -2.19. The molecule has 0 N–H and O–H groups in total. The number of aryl methyl sites for hydroxylation is 1. The second kappa shape index (κ2) is 6.00. The van der Waals surface area contributed by atoms with Gasteiger partial charge in [0.05, 0.1) is 18.4 Å². The summed E-state index contributed by atoms with van der Waals surface area (Å²) in [6.45, 7) is 1.81. The molecule has 20 heavy (non-hydrogen) atoms. The van der Waals surface area contributed by atoms with E-state index in [1.54, 1.807) is 44.6 Å². The van der Waals surface area contributed by atoms with Crippen molar-refractivity contribution in [2.45, 2.75) is 6.92 Å². The first-order valence-corrected chi connectivity index (χ1v) is 6.74. The van der Waals surface area contributed by atoms with Crippen LogP contribution in [0.15, 0.2) is 35.1 Å². The van der Waals surface area contributed by atoms with Crippen LogP contribution in [0.1, 0.15) is 16.1 Å². The van der Waals surface area contributed by atoms with E-state index >= 15 is 0 Å². The molecule has 0 aromatic carbocycles. The van der Waals surface area contributed by atoms with Gasteiger partial charge in [-0.1, -0.05) is 0 Å². The van der Waals surface area contributed by atoms with Crippen LogP contribution in [0, 0.1) is 6.92 Å². The lowest BCUT2D eigenvalue weighted by molar-refractivity contribution is 0.0991. The topological polar surface area (TPSA) is 55.3 Å². The molecule has 5 nitrogen and oxygen atoms in total. The molecule has 2 heterocycles. The number of methoxy groups -OCH3 is 1. The van der Waals surface area contributed by atoms with Crippen molar-refractivity contribution in [2.24, 2.45) is 0 Å². The normalized spacial score (nSPS) is 10.2. The Kier molecular flexibility index (Phi) is 4.34. The Balaban J connectivity index is 2.34. The number of nitrogens with zero attached hydrogens (tertiary/aromatic N) is 3. The maximum atomic E-state index is 12.5. The van der Waals surface area contributed by atoms with Crippen molar-refractivity contribution in [3.63, 3.8) is 0 Å². The van der Waals surface area contributed by atoms with Gasteiger partial charge in [-0.25, -0.2) is 4.98 Å². The zero-order chi connectivity index (χ0) is 14.7. The van der Waals surface area contributed by atoms with Crippen molar-refractivity contribution in [3.8, 4) is 5.88 Å². The summed E-state index contributed by atoms with van der Waals surface area (Å²) in [5.41, 5.74) is 1.93. The third-order valence-electron chi connectivity index (χ3n) is 2.92. The molecule has 0 unspecified atom stereocenters. The molecule has 104 valence electrons. The lowest BCUT2D eigenvalue weighted by Crippen LogP contribution is -2.27. The molecule has 2 aromatic rings. The number of carbonyl (C=O) groups excluding carboxylic acids is 1. The Hall–Kier alpha value is -1.95. The summed E-state index contributed by atoms with van der Waals surface area (Å²) in [4.78, 5) is 22.3. The van der Waals surface area contributed by atoms with Crippen LogP contribution in [0.4, 0.5) is 5.69 Å². The van der Waals surface area contributed by atoms with Crippen LogP contribution in [0.2, 0.25) is 0 Å². The second-order valence-corrected chi connectivity index (χ2v) is 4.92. The number of aromatic nitrogens is 2. The molecule has 2 aromatic heterocycles. The Bertz CT molecular complexity index is 646. The van der Waals surface area contributed by atoms with Crippen LogP contribution in [-0.4, -0.2) is 30.0 Å². The number of ether oxygens (including phenoxy) is 1. The smallest absolute Gasteiger partial charge is 0.259 e. The highest BCUT2D eigenvalue weighted by Crippen LogP contribution is 2.27. The molecule has 2 rings (SSSR count). The maximum absolute atomic E-state index is 12.5. The molecule has 0 spiro atoms. The van der Waals surface area contributed by atoms with E-state index in [1.165, 1.54) is 4.90 Å². The van der Waals surface area contributed by atoms with Gasteiger partial charge in [0.2, 0.25) is 5.88 Å². The van der Waals surface area contributed by atoms with E-state index in [2.05, 4.69) is 25.9 Å². The number of anilines is 1. The molecule has 0 aliphatic carbocycles. The minimum Gasteiger partial charge on any atom is -0.481 e. The molecule has 0 atom stereocenters. The fourth-order valence-electron chi connectivity index (χ4n) is 1.77. The largest absolute Gasteiger partial charge is 0.481 e. The number of halogens is 1. The summed E-state index contributed by atoms with van der Waals surface area (Å²) in [5.74, 6) is 0.349. The van der Waals surface area contributed by atoms with E-state index in [0.717, 1.165) is 0 Å². The first-order chi connectivity index (χ1) is 9.54. The summed E-state index contributed by atoms with van der Waals surface area (Å²) in [5, 5.41) is 0. The minimum atomic E-state index is -0.136. The molecule has 1 amide bonds. The molecule has 0 aliphatic rings. The Morgan fingerprint density at radius 1 is 1.35 bits per heavy atom. The van der Waals surface area contributed by atoms with Gasteiger partial charge in [0.25, 0.3) is 5.91 Å². The van der Waals surface area contributed by atoms with Gasteiger partial charge in [-0.15, -0.1) is 0 Å². The van der Waals surface area contributed by atoms with Gasteiger partial charge in [-0.2, -0.15) is 0 Å².